The van der Waals surface area contributed by atoms with Gasteiger partial charge in [-0.15, -0.1) is 0 Å². The number of benzene rings is 1. The highest BCUT2D eigenvalue weighted by Crippen LogP contribution is 2.10. The summed E-state index contributed by atoms with van der Waals surface area (Å²) in [6.07, 6.45) is -1.83. The van der Waals surface area contributed by atoms with Crippen LogP contribution in [0.25, 0.3) is 0 Å². The van der Waals surface area contributed by atoms with E-state index in [4.69, 9.17) is 15.6 Å². The van der Waals surface area contributed by atoms with Crippen molar-refractivity contribution in [3.63, 3.8) is 0 Å². The molecular formula is C12H19NO3. The van der Waals surface area contributed by atoms with Gasteiger partial charge in [0.05, 0.1) is 18.8 Å². The van der Waals surface area contributed by atoms with Gasteiger partial charge in [-0.25, -0.2) is 0 Å². The number of rotatable bonds is 6. The molecule has 16 heavy (non-hydrogen) atoms. The summed E-state index contributed by atoms with van der Waals surface area (Å²) in [7, 11) is 0. The van der Waals surface area contributed by atoms with E-state index in [1.807, 2.05) is 30.3 Å². The number of ether oxygens (including phenoxy) is 1. The molecule has 0 fully saturated rings. The third kappa shape index (κ3) is 4.72. The topological polar surface area (TPSA) is 75.7 Å². The van der Waals surface area contributed by atoms with Crippen molar-refractivity contribution >= 4 is 0 Å². The summed E-state index contributed by atoms with van der Waals surface area (Å²) in [6, 6.07) is 9.66. The molecule has 0 aromatic heterocycles. The SMILES string of the molecule is C[C@@H](O)C(C[C@H](N)O)OCc1ccccc1. The zero-order valence-electron chi connectivity index (χ0n) is 9.41. The molecule has 4 N–H and O–H groups in total. The van der Waals surface area contributed by atoms with Gasteiger partial charge in [0.15, 0.2) is 0 Å². The summed E-state index contributed by atoms with van der Waals surface area (Å²) in [6.45, 7) is 2.03. The van der Waals surface area contributed by atoms with Crippen LogP contribution in [-0.4, -0.2) is 28.6 Å². The van der Waals surface area contributed by atoms with Crippen molar-refractivity contribution in [3.05, 3.63) is 35.9 Å². The molecule has 4 heteroatoms. The van der Waals surface area contributed by atoms with Crippen molar-refractivity contribution in [3.8, 4) is 0 Å². The molecule has 1 aromatic rings. The summed E-state index contributed by atoms with van der Waals surface area (Å²) in [4.78, 5) is 0. The number of nitrogens with two attached hydrogens (primary N) is 1. The van der Waals surface area contributed by atoms with E-state index in [2.05, 4.69) is 0 Å². The van der Waals surface area contributed by atoms with Crippen molar-refractivity contribution in [2.45, 2.75) is 38.4 Å². The summed E-state index contributed by atoms with van der Waals surface area (Å²) >= 11 is 0. The molecule has 0 heterocycles. The Morgan fingerprint density at radius 2 is 1.88 bits per heavy atom. The minimum absolute atomic E-state index is 0.227. The van der Waals surface area contributed by atoms with Gasteiger partial charge < -0.3 is 20.7 Å². The second-order valence-corrected chi connectivity index (χ2v) is 3.88. The van der Waals surface area contributed by atoms with Gasteiger partial charge in [0.1, 0.15) is 6.23 Å². The van der Waals surface area contributed by atoms with E-state index in [0.717, 1.165) is 5.56 Å². The maximum absolute atomic E-state index is 9.45. The summed E-state index contributed by atoms with van der Waals surface area (Å²) in [5.74, 6) is 0. The van der Waals surface area contributed by atoms with Gasteiger partial charge in [-0.2, -0.15) is 0 Å². The van der Waals surface area contributed by atoms with Gasteiger partial charge >= 0.3 is 0 Å². The van der Waals surface area contributed by atoms with Gasteiger partial charge in [0, 0.05) is 6.42 Å². The van der Waals surface area contributed by atoms with Crippen LogP contribution in [0.4, 0.5) is 0 Å². The minimum Gasteiger partial charge on any atom is -0.391 e. The number of aliphatic hydroxyl groups is 2. The summed E-state index contributed by atoms with van der Waals surface area (Å²) in [5, 5.41) is 18.5. The van der Waals surface area contributed by atoms with E-state index in [9.17, 15) is 5.11 Å². The lowest BCUT2D eigenvalue weighted by molar-refractivity contribution is -0.0598. The molecule has 1 aromatic carbocycles. The lowest BCUT2D eigenvalue weighted by atomic mass is 10.1. The predicted octanol–water partition coefficient (Wildman–Crippen LogP) is 0.620. The Morgan fingerprint density at radius 3 is 2.38 bits per heavy atom. The second kappa shape index (κ2) is 6.60. The Morgan fingerprint density at radius 1 is 1.25 bits per heavy atom. The first-order chi connectivity index (χ1) is 7.59. The van der Waals surface area contributed by atoms with Crippen LogP contribution in [0.1, 0.15) is 18.9 Å². The Labute approximate surface area is 95.7 Å². The molecule has 0 saturated carbocycles. The van der Waals surface area contributed by atoms with Crippen LogP contribution in [0.15, 0.2) is 30.3 Å². The van der Waals surface area contributed by atoms with Gasteiger partial charge in [0.25, 0.3) is 0 Å². The van der Waals surface area contributed by atoms with E-state index in [1.165, 1.54) is 0 Å². The third-order valence-electron chi connectivity index (χ3n) is 2.32. The molecule has 0 saturated heterocycles. The van der Waals surface area contributed by atoms with Gasteiger partial charge in [-0.1, -0.05) is 30.3 Å². The Balaban J connectivity index is 2.44. The van der Waals surface area contributed by atoms with Crippen LogP contribution in [0.5, 0.6) is 0 Å². The zero-order valence-corrected chi connectivity index (χ0v) is 9.41. The molecule has 0 aliphatic carbocycles. The van der Waals surface area contributed by atoms with Gasteiger partial charge in [-0.05, 0) is 12.5 Å². The van der Waals surface area contributed by atoms with E-state index in [-0.39, 0.29) is 6.42 Å². The first kappa shape index (κ1) is 13.1. The zero-order chi connectivity index (χ0) is 12.0. The van der Waals surface area contributed by atoms with Crippen LogP contribution < -0.4 is 5.73 Å². The predicted molar refractivity (Wildman–Crippen MR) is 61.5 cm³/mol. The highest BCUT2D eigenvalue weighted by Gasteiger charge is 2.18. The average molecular weight is 225 g/mol. The second-order valence-electron chi connectivity index (χ2n) is 3.88. The lowest BCUT2D eigenvalue weighted by Gasteiger charge is -2.21. The molecule has 90 valence electrons. The quantitative estimate of drug-likeness (QED) is 0.620. The van der Waals surface area contributed by atoms with Crippen LogP contribution in [0, 0.1) is 0 Å². The maximum Gasteiger partial charge on any atom is 0.105 e. The van der Waals surface area contributed by atoms with Crippen LogP contribution in [-0.2, 0) is 11.3 Å². The molecule has 0 aliphatic heterocycles. The highest BCUT2D eigenvalue weighted by atomic mass is 16.5. The summed E-state index contributed by atoms with van der Waals surface area (Å²) in [5.41, 5.74) is 6.29. The van der Waals surface area contributed by atoms with Crippen molar-refractivity contribution in [1.82, 2.24) is 0 Å². The average Bonchev–Trinajstić information content (AvgIpc) is 2.25. The molecule has 4 nitrogen and oxygen atoms in total. The normalized spacial score (nSPS) is 16.8. The summed E-state index contributed by atoms with van der Waals surface area (Å²) < 4.78 is 5.51. The molecular weight excluding hydrogens is 206 g/mol. The molecule has 0 spiro atoms. The largest absolute Gasteiger partial charge is 0.391 e. The first-order valence-electron chi connectivity index (χ1n) is 5.37. The fraction of sp³-hybridized carbons (Fsp3) is 0.500. The minimum atomic E-state index is -0.963. The first-order valence-corrected chi connectivity index (χ1v) is 5.37. The van der Waals surface area contributed by atoms with Crippen LogP contribution in [0.2, 0.25) is 0 Å². The molecule has 0 radical (unpaired) electrons. The molecule has 0 aliphatic rings. The molecule has 0 amide bonds. The Hall–Kier alpha value is -0.940. The van der Waals surface area contributed by atoms with E-state index < -0.39 is 18.4 Å². The smallest absolute Gasteiger partial charge is 0.105 e. The fourth-order valence-electron chi connectivity index (χ4n) is 1.42. The Kier molecular flexibility index (Phi) is 5.42. The standard InChI is InChI=1S/C12H19NO3/c1-9(14)11(7-12(13)15)16-8-10-5-3-2-4-6-10/h2-6,9,11-12,14-15H,7-8,13H2,1H3/t9-,11?,12-/m1/s1. The van der Waals surface area contributed by atoms with Crippen molar-refractivity contribution in [1.29, 1.82) is 0 Å². The van der Waals surface area contributed by atoms with Gasteiger partial charge in [0.2, 0.25) is 0 Å². The fourth-order valence-corrected chi connectivity index (χ4v) is 1.42. The van der Waals surface area contributed by atoms with Crippen molar-refractivity contribution in [2.75, 3.05) is 0 Å². The molecule has 1 rings (SSSR count). The van der Waals surface area contributed by atoms with Crippen molar-refractivity contribution in [2.24, 2.45) is 5.73 Å². The van der Waals surface area contributed by atoms with Crippen LogP contribution in [0.3, 0.4) is 0 Å². The lowest BCUT2D eigenvalue weighted by Crippen LogP contribution is -2.34. The van der Waals surface area contributed by atoms with E-state index in [1.54, 1.807) is 6.92 Å². The number of hydrogen-bond acceptors (Lipinski definition) is 4. The number of hydrogen-bond donors (Lipinski definition) is 3. The maximum atomic E-state index is 9.45. The van der Waals surface area contributed by atoms with E-state index in [0.29, 0.717) is 6.61 Å². The Bertz CT molecular complexity index is 288. The monoisotopic (exact) mass is 225 g/mol. The molecule has 3 atom stereocenters. The number of aliphatic hydroxyl groups excluding tert-OH is 2. The van der Waals surface area contributed by atoms with Crippen LogP contribution >= 0.6 is 0 Å². The third-order valence-corrected chi connectivity index (χ3v) is 2.32. The molecule has 1 unspecified atom stereocenters. The van der Waals surface area contributed by atoms with Gasteiger partial charge in [-0.3, -0.25) is 0 Å². The van der Waals surface area contributed by atoms with E-state index >= 15 is 0 Å². The molecule has 0 bridgehead atoms. The highest BCUT2D eigenvalue weighted by molar-refractivity contribution is 5.13. The van der Waals surface area contributed by atoms with Crippen molar-refractivity contribution < 1.29 is 14.9 Å².